The Morgan fingerprint density at radius 3 is 2.53 bits per heavy atom. The van der Waals surface area contributed by atoms with E-state index in [1.54, 1.807) is 12.1 Å². The number of imide groups is 1. The number of rotatable bonds is 8. The van der Waals surface area contributed by atoms with E-state index in [4.69, 9.17) is 9.47 Å². The molecule has 1 N–H and O–H groups in total. The van der Waals surface area contributed by atoms with Crippen molar-refractivity contribution in [3.63, 3.8) is 0 Å². The molecule has 196 valence electrons. The second-order valence-corrected chi connectivity index (χ2v) is 9.69. The minimum atomic E-state index is -1.75. The van der Waals surface area contributed by atoms with Gasteiger partial charge in [0.25, 0.3) is 11.1 Å². The van der Waals surface area contributed by atoms with E-state index in [0.29, 0.717) is 50.9 Å². The van der Waals surface area contributed by atoms with Gasteiger partial charge in [0.2, 0.25) is 5.91 Å². The number of nitrogens with one attached hydrogen (secondary N) is 1. The van der Waals surface area contributed by atoms with Gasteiger partial charge in [0.1, 0.15) is 13.2 Å². The molecule has 3 aromatic carbocycles. The summed E-state index contributed by atoms with van der Waals surface area (Å²) in [6.07, 6.45) is 1.45. The lowest BCUT2D eigenvalue weighted by atomic mass is 10.1. The molecule has 0 radical (unpaired) electrons. The van der Waals surface area contributed by atoms with Crippen LogP contribution >= 0.6 is 27.7 Å². The standard InChI is InChI=1S/C26H18BrF3N2O5S/c1-36-19-10-15(9-16(27)24(19)37-13-14-5-3-2-4-6-14)11-20-25(34)32(26(35)38-20)12-21(33)31-18-8-7-17(28)22(29)23(18)30/h2-11H,12-13H2,1H3,(H,31,33)/b20-11+. The van der Waals surface area contributed by atoms with E-state index in [9.17, 15) is 27.6 Å². The van der Waals surface area contributed by atoms with Gasteiger partial charge < -0.3 is 14.8 Å². The molecule has 0 bridgehead atoms. The molecule has 0 spiro atoms. The first-order valence-corrected chi connectivity index (χ1v) is 12.5. The number of methoxy groups -OCH3 is 1. The molecule has 1 saturated heterocycles. The third kappa shape index (κ3) is 6.03. The van der Waals surface area contributed by atoms with E-state index in [1.807, 2.05) is 35.6 Å². The number of hydrogen-bond donors (Lipinski definition) is 1. The maximum atomic E-state index is 13.8. The minimum Gasteiger partial charge on any atom is -0.493 e. The van der Waals surface area contributed by atoms with Gasteiger partial charge in [-0.3, -0.25) is 19.3 Å². The van der Waals surface area contributed by atoms with E-state index in [0.717, 1.165) is 11.6 Å². The molecule has 1 fully saturated rings. The zero-order chi connectivity index (χ0) is 27.4. The largest absolute Gasteiger partial charge is 0.493 e. The Morgan fingerprint density at radius 2 is 1.82 bits per heavy atom. The van der Waals surface area contributed by atoms with Crippen LogP contribution in [0.15, 0.2) is 64.0 Å². The SMILES string of the molecule is COc1cc(/C=C2/SC(=O)N(CC(=O)Nc3ccc(F)c(F)c3F)C2=O)cc(Br)c1OCc1ccccc1. The van der Waals surface area contributed by atoms with Gasteiger partial charge in [-0.15, -0.1) is 0 Å². The summed E-state index contributed by atoms with van der Waals surface area (Å²) in [5, 5.41) is 1.31. The van der Waals surface area contributed by atoms with Gasteiger partial charge in [0.15, 0.2) is 29.0 Å². The number of thioether (sulfide) groups is 1. The van der Waals surface area contributed by atoms with Crippen LogP contribution in [-0.4, -0.2) is 35.6 Å². The Kier molecular flexibility index (Phi) is 8.42. The van der Waals surface area contributed by atoms with Crippen molar-refractivity contribution in [3.05, 3.63) is 92.6 Å². The van der Waals surface area contributed by atoms with Crippen molar-refractivity contribution < 1.29 is 37.0 Å². The normalized spacial score (nSPS) is 14.2. The smallest absolute Gasteiger partial charge is 0.294 e. The third-order valence-electron chi connectivity index (χ3n) is 5.26. The van der Waals surface area contributed by atoms with Crippen LogP contribution in [0, 0.1) is 17.5 Å². The fraction of sp³-hybridized carbons (Fsp3) is 0.115. The molecule has 0 atom stereocenters. The van der Waals surface area contributed by atoms with E-state index >= 15 is 0 Å². The van der Waals surface area contributed by atoms with Crippen molar-refractivity contribution in [3.8, 4) is 11.5 Å². The van der Waals surface area contributed by atoms with Crippen LogP contribution in [0.4, 0.5) is 23.7 Å². The van der Waals surface area contributed by atoms with Gasteiger partial charge in [-0.1, -0.05) is 30.3 Å². The highest BCUT2D eigenvalue weighted by atomic mass is 79.9. The highest BCUT2D eigenvalue weighted by Gasteiger charge is 2.36. The Morgan fingerprint density at radius 1 is 1.08 bits per heavy atom. The van der Waals surface area contributed by atoms with Crippen LogP contribution in [0.25, 0.3) is 6.08 Å². The van der Waals surface area contributed by atoms with E-state index < -0.39 is 46.7 Å². The lowest BCUT2D eigenvalue weighted by Crippen LogP contribution is -2.36. The molecular weight excluding hydrogens is 589 g/mol. The molecule has 3 amide bonds. The van der Waals surface area contributed by atoms with Gasteiger partial charge in [-0.25, -0.2) is 13.2 Å². The highest BCUT2D eigenvalue weighted by molar-refractivity contribution is 9.10. The average Bonchev–Trinajstić information content (AvgIpc) is 3.15. The summed E-state index contributed by atoms with van der Waals surface area (Å²) in [6.45, 7) is -0.454. The molecule has 38 heavy (non-hydrogen) atoms. The molecule has 3 aromatic rings. The monoisotopic (exact) mass is 606 g/mol. The fourth-order valence-electron chi connectivity index (χ4n) is 3.44. The van der Waals surface area contributed by atoms with E-state index in [2.05, 4.69) is 15.9 Å². The first-order valence-electron chi connectivity index (χ1n) is 10.9. The van der Waals surface area contributed by atoms with Crippen molar-refractivity contribution in [2.24, 2.45) is 0 Å². The summed E-state index contributed by atoms with van der Waals surface area (Å²) >= 11 is 4.05. The topological polar surface area (TPSA) is 84.9 Å². The lowest BCUT2D eigenvalue weighted by Gasteiger charge is -2.14. The van der Waals surface area contributed by atoms with E-state index in [1.165, 1.54) is 13.2 Å². The Balaban J connectivity index is 1.47. The van der Waals surface area contributed by atoms with E-state index in [-0.39, 0.29) is 4.91 Å². The molecular formula is C26H18BrF3N2O5S. The number of hydrogen-bond acceptors (Lipinski definition) is 6. The number of ether oxygens (including phenoxy) is 2. The zero-order valence-electron chi connectivity index (χ0n) is 19.6. The zero-order valence-corrected chi connectivity index (χ0v) is 22.0. The number of nitrogens with zero attached hydrogens (tertiary/aromatic N) is 1. The Bertz CT molecular complexity index is 1450. The molecule has 7 nitrogen and oxygen atoms in total. The third-order valence-corrected chi connectivity index (χ3v) is 6.76. The molecule has 1 heterocycles. The number of halogens is 4. The predicted octanol–water partition coefficient (Wildman–Crippen LogP) is 6.13. The number of carbonyl (C=O) groups excluding carboxylic acids is 3. The number of amides is 3. The lowest BCUT2D eigenvalue weighted by molar-refractivity contribution is -0.127. The molecule has 12 heteroatoms. The maximum Gasteiger partial charge on any atom is 0.294 e. The molecule has 0 saturated carbocycles. The summed E-state index contributed by atoms with van der Waals surface area (Å²) in [6, 6.07) is 14.3. The molecule has 1 aliphatic rings. The first-order chi connectivity index (χ1) is 18.2. The van der Waals surface area contributed by atoms with Gasteiger partial charge in [-0.2, -0.15) is 0 Å². The number of benzene rings is 3. The molecule has 0 unspecified atom stereocenters. The molecule has 0 aliphatic carbocycles. The summed E-state index contributed by atoms with van der Waals surface area (Å²) < 4.78 is 52.2. The van der Waals surface area contributed by atoms with Crippen LogP contribution in [0.1, 0.15) is 11.1 Å². The molecule has 4 rings (SSSR count). The summed E-state index contributed by atoms with van der Waals surface area (Å²) in [5.41, 5.74) is 0.845. The highest BCUT2D eigenvalue weighted by Crippen LogP contribution is 2.39. The van der Waals surface area contributed by atoms with Crippen LogP contribution in [0.2, 0.25) is 0 Å². The second-order valence-electron chi connectivity index (χ2n) is 7.85. The molecule has 1 aliphatic heterocycles. The predicted molar refractivity (Wildman–Crippen MR) is 139 cm³/mol. The van der Waals surface area contributed by atoms with Crippen molar-refractivity contribution in [2.45, 2.75) is 6.61 Å². The van der Waals surface area contributed by atoms with Crippen LogP contribution in [0.3, 0.4) is 0 Å². The van der Waals surface area contributed by atoms with Crippen molar-refractivity contribution in [2.75, 3.05) is 19.0 Å². The Labute approximate surface area is 227 Å². The van der Waals surface area contributed by atoms with Crippen LogP contribution in [-0.2, 0) is 16.2 Å². The number of carbonyl (C=O) groups is 3. The van der Waals surface area contributed by atoms with Crippen LogP contribution in [0.5, 0.6) is 11.5 Å². The maximum absolute atomic E-state index is 13.8. The molecule has 0 aromatic heterocycles. The van der Waals surface area contributed by atoms with Crippen molar-refractivity contribution in [1.82, 2.24) is 4.90 Å². The number of anilines is 1. The second kappa shape index (κ2) is 11.7. The Hall–Kier alpha value is -3.77. The minimum absolute atomic E-state index is 0.0358. The van der Waals surface area contributed by atoms with Gasteiger partial charge in [-0.05, 0) is 69.2 Å². The van der Waals surface area contributed by atoms with Gasteiger partial charge >= 0.3 is 0 Å². The van der Waals surface area contributed by atoms with Gasteiger partial charge in [0.05, 0.1) is 22.2 Å². The van der Waals surface area contributed by atoms with Crippen LogP contribution < -0.4 is 14.8 Å². The summed E-state index contributed by atoms with van der Waals surface area (Å²) in [4.78, 5) is 38.2. The van der Waals surface area contributed by atoms with Crippen molar-refractivity contribution >= 4 is 56.5 Å². The average molecular weight is 607 g/mol. The summed E-state index contributed by atoms with van der Waals surface area (Å²) in [5.74, 6) is -5.66. The van der Waals surface area contributed by atoms with Gasteiger partial charge in [0, 0.05) is 0 Å². The first kappa shape index (κ1) is 27.3. The fourth-order valence-corrected chi connectivity index (χ4v) is 4.85. The van der Waals surface area contributed by atoms with Crippen molar-refractivity contribution in [1.29, 1.82) is 0 Å². The quantitative estimate of drug-likeness (QED) is 0.245. The summed E-state index contributed by atoms with van der Waals surface area (Å²) in [7, 11) is 1.46.